The fraction of sp³-hybridized carbons (Fsp3) is 0.217. The third-order valence-corrected chi connectivity index (χ3v) is 4.95. The van der Waals surface area contributed by atoms with E-state index >= 15 is 0 Å². The molecule has 0 spiro atoms. The molecule has 0 aliphatic heterocycles. The zero-order chi connectivity index (χ0) is 21.8. The minimum atomic E-state index is -0.838. The molecule has 2 heterocycles. The van der Waals surface area contributed by atoms with E-state index in [1.165, 1.54) is 6.92 Å². The summed E-state index contributed by atoms with van der Waals surface area (Å²) in [5, 5.41) is 7.62. The maximum atomic E-state index is 12.7. The number of rotatable bonds is 7. The zero-order valence-electron chi connectivity index (χ0n) is 17.2. The van der Waals surface area contributed by atoms with Crippen molar-refractivity contribution in [3.63, 3.8) is 0 Å². The number of nitrogens with zero attached hydrogens (tertiary/aromatic N) is 2. The maximum absolute atomic E-state index is 12.7. The van der Waals surface area contributed by atoms with Crippen LogP contribution in [0.15, 0.2) is 59.3 Å². The summed E-state index contributed by atoms with van der Waals surface area (Å²) in [4.78, 5) is 31.8. The summed E-state index contributed by atoms with van der Waals surface area (Å²) in [7, 11) is 0. The number of aryl methyl sites for hydroxylation is 1. The number of para-hydroxylation sites is 1. The molecule has 8 heteroatoms. The average molecular weight is 418 g/mol. The zero-order valence-corrected chi connectivity index (χ0v) is 17.2. The van der Waals surface area contributed by atoms with Gasteiger partial charge >= 0.3 is 5.97 Å². The fourth-order valence-electron chi connectivity index (χ4n) is 3.44. The number of fused-ring (bicyclic) bond motifs is 1. The van der Waals surface area contributed by atoms with Crippen molar-refractivity contribution in [3.8, 4) is 11.4 Å². The van der Waals surface area contributed by atoms with Crippen molar-refractivity contribution in [2.24, 2.45) is 0 Å². The lowest BCUT2D eigenvalue weighted by Gasteiger charge is -2.16. The molecule has 8 nitrogen and oxygen atoms in total. The number of nitrogens with one attached hydrogen (secondary N) is 2. The van der Waals surface area contributed by atoms with Crippen LogP contribution in [0.4, 0.5) is 0 Å². The molecule has 0 bridgehead atoms. The smallest absolute Gasteiger partial charge is 0.329 e. The Morgan fingerprint density at radius 3 is 2.74 bits per heavy atom. The van der Waals surface area contributed by atoms with Gasteiger partial charge in [0.2, 0.25) is 11.7 Å². The summed E-state index contributed by atoms with van der Waals surface area (Å²) in [5.74, 6) is -0.279. The van der Waals surface area contributed by atoms with Gasteiger partial charge in [0.05, 0.1) is 0 Å². The normalized spacial score (nSPS) is 11.9. The molecular formula is C23H22N4O4. The van der Waals surface area contributed by atoms with E-state index in [0.717, 1.165) is 27.6 Å². The summed E-state index contributed by atoms with van der Waals surface area (Å²) < 4.78 is 10.6. The number of aromatic amines is 1. The van der Waals surface area contributed by atoms with Crippen molar-refractivity contribution in [3.05, 3.63) is 71.7 Å². The van der Waals surface area contributed by atoms with Crippen molar-refractivity contribution < 1.29 is 18.8 Å². The molecule has 2 N–H and O–H groups in total. The van der Waals surface area contributed by atoms with E-state index in [4.69, 9.17) is 9.26 Å². The molecule has 0 fully saturated rings. The molecule has 1 atom stereocenters. The van der Waals surface area contributed by atoms with Gasteiger partial charge in [0.1, 0.15) is 6.04 Å². The highest BCUT2D eigenvalue weighted by atomic mass is 16.6. The van der Waals surface area contributed by atoms with Gasteiger partial charge in [-0.3, -0.25) is 4.79 Å². The molecule has 31 heavy (non-hydrogen) atoms. The van der Waals surface area contributed by atoms with Gasteiger partial charge in [0, 0.05) is 36.0 Å². The third kappa shape index (κ3) is 4.63. The summed E-state index contributed by atoms with van der Waals surface area (Å²) in [5.41, 5.74) is 3.73. The number of carbonyl (C=O) groups is 2. The number of esters is 1. The highest BCUT2D eigenvalue weighted by Gasteiger charge is 2.24. The molecule has 2 aromatic carbocycles. The first kappa shape index (κ1) is 20.3. The van der Waals surface area contributed by atoms with Crippen LogP contribution in [-0.4, -0.2) is 33.0 Å². The number of carbonyl (C=O) groups excluding carboxylic acids is 2. The van der Waals surface area contributed by atoms with Crippen LogP contribution in [0.1, 0.15) is 23.9 Å². The van der Waals surface area contributed by atoms with Crippen molar-refractivity contribution in [1.82, 2.24) is 20.4 Å². The first-order valence-electron chi connectivity index (χ1n) is 9.88. The summed E-state index contributed by atoms with van der Waals surface area (Å²) >= 11 is 0. The lowest BCUT2D eigenvalue weighted by molar-refractivity contribution is -0.149. The SMILES string of the molecule is CC(=O)NC(Cc1c[nH]c2ccccc12)C(=O)OCc1nc(-c2ccccc2C)no1. The Hall–Kier alpha value is -3.94. The molecule has 0 saturated carbocycles. The molecule has 1 unspecified atom stereocenters. The molecule has 0 aliphatic rings. The van der Waals surface area contributed by atoms with Crippen LogP contribution in [0.5, 0.6) is 0 Å². The molecule has 4 rings (SSSR count). The van der Waals surface area contributed by atoms with Gasteiger partial charge in [0.15, 0.2) is 6.61 Å². The van der Waals surface area contributed by atoms with Gasteiger partial charge in [-0.25, -0.2) is 4.79 Å². The molecular weight excluding hydrogens is 396 g/mol. The monoisotopic (exact) mass is 418 g/mol. The number of H-pyrrole nitrogens is 1. The van der Waals surface area contributed by atoms with E-state index in [1.807, 2.05) is 61.7 Å². The van der Waals surface area contributed by atoms with Crippen LogP contribution in [0.2, 0.25) is 0 Å². The van der Waals surface area contributed by atoms with Crippen molar-refractivity contribution in [1.29, 1.82) is 0 Å². The van der Waals surface area contributed by atoms with Crippen molar-refractivity contribution in [2.45, 2.75) is 32.9 Å². The molecule has 4 aromatic rings. The van der Waals surface area contributed by atoms with Crippen LogP contribution in [-0.2, 0) is 27.4 Å². The van der Waals surface area contributed by atoms with E-state index in [9.17, 15) is 9.59 Å². The van der Waals surface area contributed by atoms with Crippen LogP contribution >= 0.6 is 0 Å². The first-order valence-corrected chi connectivity index (χ1v) is 9.88. The van der Waals surface area contributed by atoms with Crippen molar-refractivity contribution in [2.75, 3.05) is 0 Å². The van der Waals surface area contributed by atoms with E-state index in [0.29, 0.717) is 12.2 Å². The van der Waals surface area contributed by atoms with Crippen LogP contribution in [0.3, 0.4) is 0 Å². The highest BCUT2D eigenvalue weighted by molar-refractivity contribution is 5.86. The number of amides is 1. The Kier molecular flexibility index (Phi) is 5.79. The second-order valence-electron chi connectivity index (χ2n) is 7.25. The van der Waals surface area contributed by atoms with Gasteiger partial charge in [-0.2, -0.15) is 4.98 Å². The second kappa shape index (κ2) is 8.83. The second-order valence-corrected chi connectivity index (χ2v) is 7.25. The Bertz CT molecular complexity index is 1230. The Labute approximate surface area is 178 Å². The topological polar surface area (TPSA) is 110 Å². The third-order valence-electron chi connectivity index (χ3n) is 4.95. The maximum Gasteiger partial charge on any atom is 0.329 e. The Morgan fingerprint density at radius 1 is 1.16 bits per heavy atom. The van der Waals surface area contributed by atoms with Gasteiger partial charge in [-0.15, -0.1) is 0 Å². The number of hydrogen-bond donors (Lipinski definition) is 2. The molecule has 0 radical (unpaired) electrons. The molecule has 2 aromatic heterocycles. The minimum absolute atomic E-state index is 0.179. The summed E-state index contributed by atoms with van der Waals surface area (Å²) in [6.07, 6.45) is 2.12. The lowest BCUT2D eigenvalue weighted by Crippen LogP contribution is -2.42. The van der Waals surface area contributed by atoms with Crippen LogP contribution < -0.4 is 5.32 Å². The number of benzene rings is 2. The number of ether oxygens (including phenoxy) is 1. The number of hydrogen-bond acceptors (Lipinski definition) is 6. The molecule has 158 valence electrons. The van der Waals surface area contributed by atoms with Crippen molar-refractivity contribution >= 4 is 22.8 Å². The van der Waals surface area contributed by atoms with Gasteiger partial charge in [0.25, 0.3) is 5.89 Å². The van der Waals surface area contributed by atoms with Gasteiger partial charge < -0.3 is 19.6 Å². The summed E-state index contributed by atoms with van der Waals surface area (Å²) in [6, 6.07) is 14.6. The minimum Gasteiger partial charge on any atom is -0.454 e. The van der Waals surface area contributed by atoms with E-state index < -0.39 is 12.0 Å². The quantitative estimate of drug-likeness (QED) is 0.446. The van der Waals surface area contributed by atoms with Crippen LogP contribution in [0.25, 0.3) is 22.3 Å². The fourth-order valence-corrected chi connectivity index (χ4v) is 3.44. The largest absolute Gasteiger partial charge is 0.454 e. The lowest BCUT2D eigenvalue weighted by atomic mass is 10.0. The molecule has 1 amide bonds. The average Bonchev–Trinajstić information content (AvgIpc) is 3.39. The first-order chi connectivity index (χ1) is 15.0. The Balaban J connectivity index is 1.45. The van der Waals surface area contributed by atoms with Gasteiger partial charge in [-0.1, -0.05) is 47.6 Å². The van der Waals surface area contributed by atoms with Crippen LogP contribution in [0, 0.1) is 6.92 Å². The number of aromatic nitrogens is 3. The predicted molar refractivity (Wildman–Crippen MR) is 114 cm³/mol. The summed E-state index contributed by atoms with van der Waals surface area (Å²) in [6.45, 7) is 3.14. The highest BCUT2D eigenvalue weighted by Crippen LogP contribution is 2.21. The van der Waals surface area contributed by atoms with E-state index in [1.54, 1.807) is 0 Å². The standard InChI is InChI=1S/C23H22N4O4/c1-14-7-3-4-8-17(14)22-26-21(31-27-22)13-30-23(29)20(25-15(2)28)11-16-12-24-19-10-6-5-9-18(16)19/h3-10,12,20,24H,11,13H2,1-2H3,(H,25,28). The molecule has 0 saturated heterocycles. The molecule has 0 aliphatic carbocycles. The van der Waals surface area contributed by atoms with E-state index in [2.05, 4.69) is 20.4 Å². The van der Waals surface area contributed by atoms with E-state index in [-0.39, 0.29) is 18.4 Å². The van der Waals surface area contributed by atoms with Gasteiger partial charge in [-0.05, 0) is 24.1 Å². The predicted octanol–water partition coefficient (Wildman–Crippen LogP) is 3.32. The Morgan fingerprint density at radius 2 is 1.94 bits per heavy atom.